The van der Waals surface area contributed by atoms with E-state index in [0.717, 1.165) is 30.5 Å². The van der Waals surface area contributed by atoms with Crippen molar-refractivity contribution in [3.63, 3.8) is 0 Å². The Kier molecular flexibility index (Phi) is 8.24. The van der Waals surface area contributed by atoms with Crippen LogP contribution in [-0.4, -0.2) is 74.3 Å². The van der Waals surface area contributed by atoms with Crippen molar-refractivity contribution in [3.05, 3.63) is 81.2 Å². The van der Waals surface area contributed by atoms with Gasteiger partial charge in [-0.25, -0.2) is 8.42 Å². The summed E-state index contributed by atoms with van der Waals surface area (Å²) in [5.74, 6) is 0.191. The van der Waals surface area contributed by atoms with E-state index in [4.69, 9.17) is 16.3 Å². The number of ether oxygens (including phenoxy) is 1. The van der Waals surface area contributed by atoms with Gasteiger partial charge in [-0.2, -0.15) is 14.1 Å². The Morgan fingerprint density at radius 3 is 2.33 bits per heavy atom. The zero-order chi connectivity index (χ0) is 28.5. The van der Waals surface area contributed by atoms with E-state index in [1.807, 2.05) is 43.3 Å². The number of piperazine rings is 1. The highest BCUT2D eigenvalue weighted by Gasteiger charge is 2.39. The molecule has 1 aromatic heterocycles. The van der Waals surface area contributed by atoms with Crippen molar-refractivity contribution in [2.45, 2.75) is 32.1 Å². The lowest BCUT2D eigenvalue weighted by molar-refractivity contribution is 0.242. The average Bonchev–Trinajstić information content (AvgIpc) is 3.65. The molecule has 214 valence electrons. The quantitative estimate of drug-likeness (QED) is 0.358. The lowest BCUT2D eigenvalue weighted by Gasteiger charge is -2.35. The van der Waals surface area contributed by atoms with E-state index in [-0.39, 0.29) is 22.5 Å². The Hall–Kier alpha value is -2.92. The first-order valence-electron chi connectivity index (χ1n) is 13.5. The van der Waals surface area contributed by atoms with Crippen LogP contribution in [0.4, 0.5) is 5.69 Å². The molecule has 2 aromatic carbocycles. The van der Waals surface area contributed by atoms with Gasteiger partial charge in [0.15, 0.2) is 0 Å². The van der Waals surface area contributed by atoms with Crippen molar-refractivity contribution < 1.29 is 13.2 Å². The minimum absolute atomic E-state index is 0.0422. The normalized spacial score (nSPS) is 17.3. The number of hydrogen-bond donors (Lipinski definition) is 0. The fourth-order valence-electron chi connectivity index (χ4n) is 4.80. The van der Waals surface area contributed by atoms with E-state index in [0.29, 0.717) is 49.2 Å². The summed E-state index contributed by atoms with van der Waals surface area (Å²) in [5, 5.41) is 4.93. The molecule has 5 rings (SSSR count). The van der Waals surface area contributed by atoms with Crippen LogP contribution in [0.2, 0.25) is 5.02 Å². The van der Waals surface area contributed by atoms with Crippen LogP contribution >= 0.6 is 11.6 Å². The maximum absolute atomic E-state index is 13.6. The van der Waals surface area contributed by atoms with Gasteiger partial charge in [-0.15, -0.1) is 0 Å². The molecule has 3 aromatic rings. The average molecular weight is 586 g/mol. The summed E-state index contributed by atoms with van der Waals surface area (Å²) in [6, 6.07) is 14.7. The molecule has 2 heterocycles. The van der Waals surface area contributed by atoms with Crippen LogP contribution in [0.1, 0.15) is 30.9 Å². The molecular formula is C29H36ClN5O4S. The summed E-state index contributed by atoms with van der Waals surface area (Å²) in [5.41, 5.74) is 2.75. The van der Waals surface area contributed by atoms with Gasteiger partial charge < -0.3 is 14.5 Å². The number of hydrogen-bond acceptors (Lipinski definition) is 7. The predicted octanol–water partition coefficient (Wildman–Crippen LogP) is 3.78. The van der Waals surface area contributed by atoms with Crippen molar-refractivity contribution in [2.75, 3.05) is 51.8 Å². The van der Waals surface area contributed by atoms with Crippen LogP contribution in [0.25, 0.3) is 5.69 Å². The van der Waals surface area contributed by atoms with Crippen molar-refractivity contribution in [1.82, 2.24) is 19.0 Å². The van der Waals surface area contributed by atoms with Crippen LogP contribution in [-0.2, 0) is 22.3 Å². The number of benzene rings is 2. The van der Waals surface area contributed by atoms with Crippen molar-refractivity contribution in [3.8, 4) is 11.4 Å². The van der Waals surface area contributed by atoms with Crippen LogP contribution in [0.15, 0.2) is 59.5 Å². The highest BCUT2D eigenvalue weighted by atomic mass is 35.5. The van der Waals surface area contributed by atoms with Gasteiger partial charge in [0.2, 0.25) is 15.8 Å². The van der Waals surface area contributed by atoms with Crippen molar-refractivity contribution in [1.29, 1.82) is 0 Å². The molecule has 1 saturated heterocycles. The van der Waals surface area contributed by atoms with E-state index >= 15 is 0 Å². The molecule has 1 aliphatic heterocycles. The Morgan fingerprint density at radius 1 is 1.02 bits per heavy atom. The Morgan fingerprint density at radius 2 is 1.70 bits per heavy atom. The zero-order valence-corrected chi connectivity index (χ0v) is 24.8. The van der Waals surface area contributed by atoms with Gasteiger partial charge in [-0.3, -0.25) is 4.79 Å². The molecule has 0 N–H and O–H groups in total. The first kappa shape index (κ1) is 28.6. The standard InChI is InChI=1S/C29H36ClN5O4S/c1-29(11-12-29)21-39-27-26(18-31-35(28(27)36)25-6-4-5-24(30)17-25)33-13-15-34(16-14-33)40(37,38)20-23-9-7-22(8-10-23)19-32(2)3/h4-10,17-18H,11-16,19-21H2,1-3H3. The minimum atomic E-state index is -3.49. The first-order valence-corrected chi connectivity index (χ1v) is 15.5. The molecule has 11 heteroatoms. The number of rotatable bonds is 10. The summed E-state index contributed by atoms with van der Waals surface area (Å²) in [7, 11) is 0.508. The lowest BCUT2D eigenvalue weighted by Crippen LogP contribution is -2.49. The molecule has 0 bridgehead atoms. The molecule has 0 spiro atoms. The molecule has 0 unspecified atom stereocenters. The van der Waals surface area contributed by atoms with Crippen molar-refractivity contribution >= 4 is 27.3 Å². The number of aromatic nitrogens is 2. The van der Waals surface area contributed by atoms with Crippen LogP contribution in [0, 0.1) is 5.41 Å². The highest BCUT2D eigenvalue weighted by molar-refractivity contribution is 7.88. The van der Waals surface area contributed by atoms with Gasteiger partial charge in [-0.1, -0.05) is 48.9 Å². The summed E-state index contributed by atoms with van der Waals surface area (Å²) >= 11 is 6.16. The molecule has 40 heavy (non-hydrogen) atoms. The zero-order valence-electron chi connectivity index (χ0n) is 23.2. The van der Waals surface area contributed by atoms with Gasteiger partial charge >= 0.3 is 5.56 Å². The minimum Gasteiger partial charge on any atom is -0.486 e. The summed E-state index contributed by atoms with van der Waals surface area (Å²) in [4.78, 5) is 17.6. The van der Waals surface area contributed by atoms with E-state index < -0.39 is 10.0 Å². The third-order valence-corrected chi connectivity index (χ3v) is 9.56. The Balaban J connectivity index is 1.31. The van der Waals surface area contributed by atoms with E-state index in [9.17, 15) is 13.2 Å². The number of anilines is 1. The van der Waals surface area contributed by atoms with Crippen molar-refractivity contribution in [2.24, 2.45) is 5.41 Å². The van der Waals surface area contributed by atoms with Gasteiger partial charge in [0, 0.05) is 43.2 Å². The van der Waals surface area contributed by atoms with E-state index in [2.05, 4.69) is 16.9 Å². The molecule has 2 aliphatic rings. The summed E-state index contributed by atoms with van der Waals surface area (Å²) in [6.07, 6.45) is 3.75. The smallest absolute Gasteiger partial charge is 0.316 e. The molecular weight excluding hydrogens is 550 g/mol. The van der Waals surface area contributed by atoms with Gasteiger partial charge in [-0.05, 0) is 56.3 Å². The fourth-order valence-corrected chi connectivity index (χ4v) is 6.50. The topological polar surface area (TPSA) is 88.0 Å². The lowest BCUT2D eigenvalue weighted by atomic mass is 10.1. The molecule has 0 amide bonds. The molecule has 1 saturated carbocycles. The molecule has 2 fully saturated rings. The van der Waals surface area contributed by atoms with Crippen LogP contribution < -0.4 is 15.2 Å². The monoisotopic (exact) mass is 585 g/mol. The second-order valence-electron chi connectivity index (χ2n) is 11.4. The largest absolute Gasteiger partial charge is 0.486 e. The van der Waals surface area contributed by atoms with Gasteiger partial charge in [0.25, 0.3) is 0 Å². The second-order valence-corrected chi connectivity index (χ2v) is 13.8. The van der Waals surface area contributed by atoms with Crippen LogP contribution in [0.3, 0.4) is 0 Å². The van der Waals surface area contributed by atoms with E-state index in [1.165, 1.54) is 8.99 Å². The second kappa shape index (κ2) is 11.5. The summed E-state index contributed by atoms with van der Waals surface area (Å²) < 4.78 is 35.4. The van der Waals surface area contributed by atoms with Gasteiger partial charge in [0.1, 0.15) is 5.69 Å². The Labute approximate surface area is 241 Å². The predicted molar refractivity (Wildman–Crippen MR) is 158 cm³/mol. The highest BCUT2D eigenvalue weighted by Crippen LogP contribution is 2.45. The maximum Gasteiger partial charge on any atom is 0.316 e. The summed E-state index contributed by atoms with van der Waals surface area (Å²) in [6.45, 7) is 4.87. The molecule has 9 nitrogen and oxygen atoms in total. The fraction of sp³-hybridized carbons (Fsp3) is 0.448. The number of nitrogens with zero attached hydrogens (tertiary/aromatic N) is 5. The third-order valence-electron chi connectivity index (χ3n) is 7.48. The van der Waals surface area contributed by atoms with E-state index in [1.54, 1.807) is 30.5 Å². The third kappa shape index (κ3) is 6.68. The Bertz CT molecular complexity index is 1510. The maximum atomic E-state index is 13.6. The number of halogens is 1. The molecule has 1 aliphatic carbocycles. The van der Waals surface area contributed by atoms with Gasteiger partial charge in [0.05, 0.1) is 24.2 Å². The molecule has 0 atom stereocenters. The van der Waals surface area contributed by atoms with Crippen LogP contribution in [0.5, 0.6) is 5.75 Å². The first-order chi connectivity index (χ1) is 19.0. The number of sulfonamides is 1. The molecule has 0 radical (unpaired) electrons. The SMILES string of the molecule is CN(C)Cc1ccc(CS(=O)(=O)N2CCN(c3cnn(-c4cccc(Cl)c4)c(=O)c3OCC3(C)CC3)CC2)cc1.